The first-order valence-corrected chi connectivity index (χ1v) is 11.4. The van der Waals surface area contributed by atoms with Gasteiger partial charge in [-0.15, -0.1) is 0 Å². The van der Waals surface area contributed by atoms with Gasteiger partial charge in [-0.2, -0.15) is 0 Å². The van der Waals surface area contributed by atoms with E-state index in [1.54, 1.807) is 0 Å². The summed E-state index contributed by atoms with van der Waals surface area (Å²) in [5.41, 5.74) is 4.14. The van der Waals surface area contributed by atoms with Gasteiger partial charge in [-0.1, -0.05) is 53.2 Å². The number of hydrogen-bond acceptors (Lipinski definition) is 0. The Morgan fingerprint density at radius 3 is 2.28 bits per heavy atom. The van der Waals surface area contributed by atoms with Gasteiger partial charge in [0.1, 0.15) is 0 Å². The minimum atomic E-state index is 0.508. The first kappa shape index (κ1) is 16.9. The quantitative estimate of drug-likeness (QED) is 0.441. The third-order valence-corrected chi connectivity index (χ3v) is 11.2. The summed E-state index contributed by atoms with van der Waals surface area (Å²) in [6.45, 7) is 15.7. The van der Waals surface area contributed by atoms with Gasteiger partial charge in [-0.3, -0.25) is 0 Å². The Bertz CT molecular complexity index is 628. The van der Waals surface area contributed by atoms with Crippen LogP contribution in [0, 0.1) is 51.2 Å². The van der Waals surface area contributed by atoms with E-state index >= 15 is 0 Å². The molecule has 0 aliphatic heterocycles. The summed E-state index contributed by atoms with van der Waals surface area (Å²) in [7, 11) is 0. The molecule has 0 heterocycles. The second-order valence-corrected chi connectivity index (χ2v) is 12.2. The van der Waals surface area contributed by atoms with E-state index in [-0.39, 0.29) is 0 Å². The van der Waals surface area contributed by atoms with Crippen molar-refractivity contribution >= 4 is 0 Å². The highest BCUT2D eigenvalue weighted by molar-refractivity contribution is 5.40. The van der Waals surface area contributed by atoms with E-state index in [9.17, 15) is 0 Å². The van der Waals surface area contributed by atoms with Gasteiger partial charge >= 0.3 is 0 Å². The van der Waals surface area contributed by atoms with Gasteiger partial charge in [0.15, 0.2) is 0 Å². The highest BCUT2D eigenvalue weighted by Crippen LogP contribution is 2.80. The molecular weight excluding hydrogens is 300 g/mol. The number of fused-ring (bicyclic) bond motifs is 2. The Hall–Kier alpha value is -0.260. The lowest BCUT2D eigenvalue weighted by Gasteiger charge is -2.57. The molecule has 1 unspecified atom stereocenters. The molecule has 4 fully saturated rings. The summed E-state index contributed by atoms with van der Waals surface area (Å²) < 4.78 is 0. The number of hydrogen-bond donors (Lipinski definition) is 0. The molecule has 25 heavy (non-hydrogen) atoms. The normalized spacial score (nSPS) is 59.6. The van der Waals surface area contributed by atoms with Crippen molar-refractivity contribution in [2.75, 3.05) is 0 Å². The minimum absolute atomic E-state index is 0.508. The van der Waals surface area contributed by atoms with Crippen molar-refractivity contribution in [2.45, 2.75) is 92.9 Å². The highest BCUT2D eigenvalue weighted by Gasteiger charge is 2.71. The maximum absolute atomic E-state index is 2.95. The van der Waals surface area contributed by atoms with Crippen LogP contribution in [-0.2, 0) is 0 Å². The SMILES string of the molecule is CC(C)[C@@H]1CC[C@]2(C)CCC3(C)CC[C@@H]4[C@H]5CC[C@]4(C)C(=C[C@@H]12)[C@]53C. The number of rotatable bonds is 1. The maximum Gasteiger partial charge on any atom is -0.00258 e. The van der Waals surface area contributed by atoms with Crippen LogP contribution in [0.25, 0.3) is 0 Å². The zero-order chi connectivity index (χ0) is 17.8. The first-order chi connectivity index (χ1) is 11.7. The van der Waals surface area contributed by atoms with Crippen molar-refractivity contribution in [3.05, 3.63) is 11.6 Å². The molecule has 140 valence electrons. The molecule has 4 saturated carbocycles. The van der Waals surface area contributed by atoms with E-state index in [0.29, 0.717) is 21.7 Å². The van der Waals surface area contributed by atoms with Gasteiger partial charge in [0, 0.05) is 0 Å². The standard InChI is InChI=1S/C25H40/c1-16(2)17-7-10-22(3)13-14-23(4)11-8-18-19-9-12-24(18,5)21(15-20(17)22)25(19,23)6/h15-20H,7-14H2,1-6H3/t17-,18+,19+,20-,22+,23?,24-,25-/m0/s1. The molecule has 0 spiro atoms. The second kappa shape index (κ2) is 4.77. The van der Waals surface area contributed by atoms with Crippen molar-refractivity contribution < 1.29 is 0 Å². The molecule has 8 atom stereocenters. The smallest absolute Gasteiger partial charge is 0.00258 e. The molecule has 0 aromatic rings. The molecule has 4 bridgehead atoms. The van der Waals surface area contributed by atoms with E-state index in [2.05, 4.69) is 47.6 Å². The van der Waals surface area contributed by atoms with Crippen LogP contribution in [0.3, 0.4) is 0 Å². The monoisotopic (exact) mass is 340 g/mol. The summed E-state index contributed by atoms with van der Waals surface area (Å²) in [5.74, 6) is 4.60. The average molecular weight is 341 g/mol. The Balaban J connectivity index is 1.72. The molecule has 0 aromatic carbocycles. The lowest BCUT2D eigenvalue weighted by molar-refractivity contribution is -0.0271. The topological polar surface area (TPSA) is 0 Å². The highest BCUT2D eigenvalue weighted by atomic mass is 14.8. The first-order valence-electron chi connectivity index (χ1n) is 11.4. The Kier molecular flexibility index (Phi) is 3.22. The predicted octanol–water partition coefficient (Wildman–Crippen LogP) is 7.25. The summed E-state index contributed by atoms with van der Waals surface area (Å²) in [5, 5.41) is 0. The fourth-order valence-electron chi connectivity index (χ4n) is 9.34. The average Bonchev–Trinajstić information content (AvgIpc) is 3.09. The number of allylic oxidation sites excluding steroid dienone is 2. The predicted molar refractivity (Wildman–Crippen MR) is 106 cm³/mol. The zero-order valence-electron chi connectivity index (χ0n) is 17.6. The fourth-order valence-corrected chi connectivity index (χ4v) is 9.34. The molecule has 0 saturated heterocycles. The molecular formula is C25H40. The third-order valence-electron chi connectivity index (χ3n) is 11.2. The molecule has 0 radical (unpaired) electrons. The van der Waals surface area contributed by atoms with Gasteiger partial charge in [0.2, 0.25) is 0 Å². The Labute approximate surface area is 156 Å². The minimum Gasteiger partial charge on any atom is -0.0802 e. The lowest BCUT2D eigenvalue weighted by atomic mass is 9.48. The summed E-state index contributed by atoms with van der Waals surface area (Å²) in [4.78, 5) is 0. The Morgan fingerprint density at radius 2 is 1.56 bits per heavy atom. The fraction of sp³-hybridized carbons (Fsp3) is 0.920. The van der Waals surface area contributed by atoms with E-state index in [1.807, 2.05) is 5.57 Å². The van der Waals surface area contributed by atoms with Crippen molar-refractivity contribution in [2.24, 2.45) is 51.2 Å². The maximum atomic E-state index is 2.95. The summed E-state index contributed by atoms with van der Waals surface area (Å²) in [6, 6.07) is 0. The molecule has 5 aliphatic carbocycles. The van der Waals surface area contributed by atoms with Crippen LogP contribution in [-0.4, -0.2) is 0 Å². The second-order valence-electron chi connectivity index (χ2n) is 12.2. The van der Waals surface area contributed by atoms with Gasteiger partial charge < -0.3 is 0 Å². The molecule has 0 aromatic heterocycles. The molecule has 5 aliphatic rings. The van der Waals surface area contributed by atoms with Gasteiger partial charge in [-0.25, -0.2) is 0 Å². The third kappa shape index (κ3) is 1.76. The van der Waals surface area contributed by atoms with Crippen LogP contribution in [0.4, 0.5) is 0 Å². The van der Waals surface area contributed by atoms with Crippen molar-refractivity contribution in [3.8, 4) is 0 Å². The van der Waals surface area contributed by atoms with Gasteiger partial charge in [0.05, 0.1) is 0 Å². The lowest BCUT2D eigenvalue weighted by Crippen LogP contribution is -2.48. The van der Waals surface area contributed by atoms with Crippen LogP contribution in [0.5, 0.6) is 0 Å². The van der Waals surface area contributed by atoms with Crippen LogP contribution in [0.15, 0.2) is 11.6 Å². The van der Waals surface area contributed by atoms with Crippen molar-refractivity contribution in [1.82, 2.24) is 0 Å². The molecule has 0 amide bonds. The zero-order valence-corrected chi connectivity index (χ0v) is 17.6. The van der Waals surface area contributed by atoms with Crippen LogP contribution in [0.2, 0.25) is 0 Å². The van der Waals surface area contributed by atoms with Crippen LogP contribution < -0.4 is 0 Å². The molecule has 0 nitrogen and oxygen atoms in total. The molecule has 5 rings (SSSR count). The van der Waals surface area contributed by atoms with Crippen molar-refractivity contribution in [1.29, 1.82) is 0 Å². The van der Waals surface area contributed by atoms with Crippen LogP contribution >= 0.6 is 0 Å². The van der Waals surface area contributed by atoms with Gasteiger partial charge in [0.25, 0.3) is 0 Å². The largest absolute Gasteiger partial charge is 0.0802 e. The van der Waals surface area contributed by atoms with E-state index < -0.39 is 0 Å². The molecule has 0 heteroatoms. The van der Waals surface area contributed by atoms with Crippen LogP contribution in [0.1, 0.15) is 92.9 Å². The van der Waals surface area contributed by atoms with Crippen molar-refractivity contribution in [3.63, 3.8) is 0 Å². The molecule has 0 N–H and O–H groups in total. The van der Waals surface area contributed by atoms with E-state index in [1.165, 1.54) is 51.4 Å². The van der Waals surface area contributed by atoms with E-state index in [0.717, 1.165) is 29.6 Å². The summed E-state index contributed by atoms with van der Waals surface area (Å²) >= 11 is 0. The summed E-state index contributed by atoms with van der Waals surface area (Å²) in [6.07, 6.45) is 14.9. The van der Waals surface area contributed by atoms with Gasteiger partial charge in [-0.05, 0) is 103 Å². The van der Waals surface area contributed by atoms with E-state index in [4.69, 9.17) is 0 Å². The Morgan fingerprint density at radius 1 is 0.840 bits per heavy atom.